The Morgan fingerprint density at radius 3 is 2.69 bits per heavy atom. The lowest BCUT2D eigenvalue weighted by atomic mass is 9.96. The molecule has 8 nitrogen and oxygen atoms in total. The van der Waals surface area contributed by atoms with Gasteiger partial charge in [0.15, 0.2) is 6.61 Å². The lowest BCUT2D eigenvalue weighted by Crippen LogP contribution is -2.46. The van der Waals surface area contributed by atoms with Crippen molar-refractivity contribution in [2.45, 2.75) is 52.1 Å². The Morgan fingerprint density at radius 1 is 1.28 bits per heavy atom. The zero-order chi connectivity index (χ0) is 23.0. The topological polar surface area (TPSA) is 97.7 Å². The van der Waals surface area contributed by atoms with Crippen LogP contribution in [0.1, 0.15) is 46.4 Å². The minimum atomic E-state index is -0.951. The highest BCUT2D eigenvalue weighted by atomic mass is 32.1. The van der Waals surface area contributed by atoms with E-state index in [1.165, 1.54) is 4.88 Å². The van der Waals surface area contributed by atoms with E-state index in [-0.39, 0.29) is 11.7 Å². The molecule has 1 aliphatic heterocycles. The third-order valence-electron chi connectivity index (χ3n) is 6.38. The van der Waals surface area contributed by atoms with Crippen molar-refractivity contribution in [1.82, 2.24) is 14.8 Å². The summed E-state index contributed by atoms with van der Waals surface area (Å²) in [5.41, 5.74) is 1.35. The fraction of sp³-hybridized carbons (Fsp3) is 0.478. The Kier molecular flexibility index (Phi) is 5.94. The number of hydrogen-bond acceptors (Lipinski definition) is 6. The fourth-order valence-corrected chi connectivity index (χ4v) is 5.00. The molecule has 1 aliphatic carbocycles. The SMILES string of the molecule is Cc1cc(C(=O)COC(=O)CN2C(=O)NC(C)(C3CC3)C2=O)c(C)n1CCc1cccs1. The molecule has 0 aromatic carbocycles. The number of carbonyl (C=O) groups is 4. The van der Waals surface area contributed by atoms with Gasteiger partial charge in [0.05, 0.1) is 0 Å². The van der Waals surface area contributed by atoms with Crippen LogP contribution < -0.4 is 5.32 Å². The summed E-state index contributed by atoms with van der Waals surface area (Å²) in [6, 6.07) is 5.31. The number of rotatable bonds is 9. The van der Waals surface area contributed by atoms with Crippen molar-refractivity contribution in [2.24, 2.45) is 5.92 Å². The van der Waals surface area contributed by atoms with E-state index in [4.69, 9.17) is 4.74 Å². The maximum absolute atomic E-state index is 12.7. The molecule has 1 atom stereocenters. The van der Waals surface area contributed by atoms with E-state index in [9.17, 15) is 19.2 Å². The summed E-state index contributed by atoms with van der Waals surface area (Å²) >= 11 is 1.70. The van der Waals surface area contributed by atoms with Gasteiger partial charge in [0.25, 0.3) is 5.91 Å². The number of ketones is 1. The van der Waals surface area contributed by atoms with Crippen molar-refractivity contribution in [3.05, 3.63) is 45.4 Å². The van der Waals surface area contributed by atoms with Crippen molar-refractivity contribution in [2.75, 3.05) is 13.2 Å². The molecule has 1 unspecified atom stereocenters. The van der Waals surface area contributed by atoms with Gasteiger partial charge in [-0.3, -0.25) is 19.3 Å². The van der Waals surface area contributed by atoms with Gasteiger partial charge in [0.1, 0.15) is 12.1 Å². The smallest absolute Gasteiger partial charge is 0.326 e. The Bertz CT molecular complexity index is 1070. The average molecular weight is 458 g/mol. The van der Waals surface area contributed by atoms with Crippen molar-refractivity contribution in [3.63, 3.8) is 0 Å². The summed E-state index contributed by atoms with van der Waals surface area (Å²) in [5.74, 6) is -1.40. The molecule has 170 valence electrons. The largest absolute Gasteiger partial charge is 0.456 e. The van der Waals surface area contributed by atoms with Crippen LogP contribution >= 0.6 is 11.3 Å². The maximum Gasteiger partial charge on any atom is 0.326 e. The Balaban J connectivity index is 1.32. The highest BCUT2D eigenvalue weighted by molar-refractivity contribution is 7.09. The molecule has 0 bridgehead atoms. The summed E-state index contributed by atoms with van der Waals surface area (Å²) in [6.07, 6.45) is 2.63. The standard InChI is InChI=1S/C23H27N3O5S/c1-14-11-18(15(2)25(14)9-8-17-5-4-10-32-17)19(27)13-31-20(28)12-26-21(29)23(3,16-6-7-16)24-22(26)30/h4-5,10-11,16H,6-9,12-13H2,1-3H3,(H,24,30). The zero-order valence-electron chi connectivity index (χ0n) is 18.5. The molecule has 32 heavy (non-hydrogen) atoms. The number of esters is 1. The summed E-state index contributed by atoms with van der Waals surface area (Å²) in [6.45, 7) is 5.34. The number of amides is 3. The van der Waals surface area contributed by atoms with Crippen LogP contribution in [0.3, 0.4) is 0 Å². The summed E-state index contributed by atoms with van der Waals surface area (Å²) in [4.78, 5) is 51.9. The van der Waals surface area contributed by atoms with Crippen LogP contribution in [0, 0.1) is 19.8 Å². The first-order valence-corrected chi connectivity index (χ1v) is 11.6. The predicted molar refractivity (Wildman–Crippen MR) is 119 cm³/mol. The number of ether oxygens (including phenoxy) is 1. The predicted octanol–water partition coefficient (Wildman–Crippen LogP) is 2.86. The van der Waals surface area contributed by atoms with E-state index in [1.54, 1.807) is 24.3 Å². The number of aromatic nitrogens is 1. The van der Waals surface area contributed by atoms with Gasteiger partial charge in [-0.05, 0) is 63.5 Å². The van der Waals surface area contributed by atoms with E-state index < -0.39 is 36.6 Å². The number of Topliss-reactive ketones (excluding diaryl/α,β-unsaturated/α-hetero) is 1. The minimum absolute atomic E-state index is 0.108. The van der Waals surface area contributed by atoms with Gasteiger partial charge in [0.2, 0.25) is 5.78 Å². The Labute approximate surface area is 190 Å². The van der Waals surface area contributed by atoms with E-state index in [0.29, 0.717) is 5.56 Å². The molecule has 1 N–H and O–H groups in total. The quantitative estimate of drug-likeness (QED) is 0.355. The maximum atomic E-state index is 12.7. The number of thiophene rings is 1. The second-order valence-electron chi connectivity index (χ2n) is 8.65. The van der Waals surface area contributed by atoms with Crippen molar-refractivity contribution >= 4 is 35.0 Å². The number of nitrogens with zero attached hydrogens (tertiary/aromatic N) is 2. The lowest BCUT2D eigenvalue weighted by Gasteiger charge is -2.20. The number of hydrogen-bond donors (Lipinski definition) is 1. The van der Waals surface area contributed by atoms with E-state index in [1.807, 2.05) is 25.3 Å². The van der Waals surface area contributed by atoms with Gasteiger partial charge < -0.3 is 14.6 Å². The van der Waals surface area contributed by atoms with Gasteiger partial charge in [-0.1, -0.05) is 6.07 Å². The van der Waals surface area contributed by atoms with Gasteiger partial charge >= 0.3 is 12.0 Å². The van der Waals surface area contributed by atoms with Crippen LogP contribution in [-0.4, -0.2) is 51.8 Å². The lowest BCUT2D eigenvalue weighted by molar-refractivity contribution is -0.146. The molecule has 2 fully saturated rings. The highest BCUT2D eigenvalue weighted by Crippen LogP contribution is 2.42. The molecule has 1 saturated heterocycles. The molecule has 2 aromatic rings. The van der Waals surface area contributed by atoms with Gasteiger partial charge in [-0.2, -0.15) is 0 Å². The monoisotopic (exact) mass is 457 g/mol. The van der Waals surface area contributed by atoms with Crippen LogP contribution in [0.25, 0.3) is 0 Å². The Hall–Kier alpha value is -2.94. The third-order valence-corrected chi connectivity index (χ3v) is 7.32. The van der Waals surface area contributed by atoms with E-state index in [0.717, 1.165) is 42.1 Å². The molecule has 3 heterocycles. The Morgan fingerprint density at radius 2 is 2.03 bits per heavy atom. The normalized spacial score (nSPS) is 20.5. The van der Waals surface area contributed by atoms with Gasteiger partial charge in [-0.25, -0.2) is 4.79 Å². The molecule has 3 amide bonds. The molecular weight excluding hydrogens is 430 g/mol. The van der Waals surface area contributed by atoms with Crippen LogP contribution in [0.2, 0.25) is 0 Å². The molecular formula is C23H27N3O5S. The third kappa shape index (κ3) is 4.21. The highest BCUT2D eigenvalue weighted by Gasteiger charge is 2.56. The molecule has 2 aliphatic rings. The second kappa shape index (κ2) is 8.54. The molecule has 1 saturated carbocycles. The zero-order valence-corrected chi connectivity index (χ0v) is 19.3. The number of imide groups is 1. The molecule has 0 radical (unpaired) electrons. The number of aryl methyl sites for hydroxylation is 2. The van der Waals surface area contributed by atoms with Crippen molar-refractivity contribution in [3.8, 4) is 0 Å². The summed E-state index contributed by atoms with van der Waals surface area (Å²) in [5, 5.41) is 4.73. The fourth-order valence-electron chi connectivity index (χ4n) is 4.30. The van der Waals surface area contributed by atoms with Crippen LogP contribution in [0.15, 0.2) is 23.6 Å². The summed E-state index contributed by atoms with van der Waals surface area (Å²) < 4.78 is 7.20. The van der Waals surface area contributed by atoms with E-state index >= 15 is 0 Å². The van der Waals surface area contributed by atoms with E-state index in [2.05, 4.69) is 16.0 Å². The second-order valence-corrected chi connectivity index (χ2v) is 9.68. The molecule has 0 spiro atoms. The van der Waals surface area contributed by atoms with Crippen molar-refractivity contribution in [1.29, 1.82) is 0 Å². The molecule has 4 rings (SSSR count). The van der Waals surface area contributed by atoms with Gasteiger partial charge in [0, 0.05) is 28.4 Å². The van der Waals surface area contributed by atoms with Gasteiger partial charge in [-0.15, -0.1) is 11.3 Å². The first kappa shape index (κ1) is 22.3. The average Bonchev–Trinajstić information content (AvgIpc) is 3.36. The number of carbonyl (C=O) groups excluding carboxylic acids is 4. The summed E-state index contributed by atoms with van der Waals surface area (Å²) in [7, 11) is 0. The minimum Gasteiger partial charge on any atom is -0.456 e. The first-order chi connectivity index (χ1) is 15.2. The first-order valence-electron chi connectivity index (χ1n) is 10.7. The van der Waals surface area contributed by atoms with Crippen LogP contribution in [0.4, 0.5) is 4.79 Å². The number of nitrogens with one attached hydrogen (secondary N) is 1. The van der Waals surface area contributed by atoms with Crippen LogP contribution in [-0.2, 0) is 27.3 Å². The van der Waals surface area contributed by atoms with Crippen molar-refractivity contribution < 1.29 is 23.9 Å². The molecule has 2 aromatic heterocycles. The van der Waals surface area contributed by atoms with Crippen LogP contribution in [0.5, 0.6) is 0 Å². The molecule has 9 heteroatoms. The number of urea groups is 1.